The normalized spacial score (nSPS) is 10.5. The molecule has 0 unspecified atom stereocenters. The molecule has 1 aromatic heterocycles. The van der Waals surface area contributed by atoms with Crippen molar-refractivity contribution in [2.75, 3.05) is 11.6 Å². The fourth-order valence-electron chi connectivity index (χ4n) is 4.49. The Bertz CT molecular complexity index is 1300. The summed E-state index contributed by atoms with van der Waals surface area (Å²) >= 11 is -0.226. The van der Waals surface area contributed by atoms with Crippen LogP contribution in [0.2, 0.25) is 0 Å². The molecule has 201 valence electrons. The minimum atomic E-state index is -0.904. The van der Waals surface area contributed by atoms with Crippen molar-refractivity contribution in [2.24, 2.45) is 0 Å². The van der Waals surface area contributed by atoms with Crippen LogP contribution >= 0.6 is 27.3 Å². The summed E-state index contributed by atoms with van der Waals surface area (Å²) in [7, 11) is 8.76. The van der Waals surface area contributed by atoms with E-state index in [9.17, 15) is 0 Å². The van der Waals surface area contributed by atoms with Gasteiger partial charge in [0.1, 0.15) is 6.29 Å². The second kappa shape index (κ2) is 15.4. The van der Waals surface area contributed by atoms with Crippen LogP contribution in [-0.2, 0) is 15.1 Å². The number of fused-ring (bicyclic) bond motifs is 1. The summed E-state index contributed by atoms with van der Waals surface area (Å²) in [4.78, 5) is 4.55. The Hall–Kier alpha value is -2.15. The maximum atomic E-state index is 4.83. The maximum Gasteiger partial charge on any atom is 0.135 e. The van der Waals surface area contributed by atoms with Crippen LogP contribution in [0.15, 0.2) is 97.2 Å². The maximum absolute atomic E-state index is 4.83. The summed E-state index contributed by atoms with van der Waals surface area (Å²) in [6.07, 6.45) is 2.78. The zero-order valence-electron chi connectivity index (χ0n) is 22.5. The molecule has 1 heterocycles. The number of pyridine rings is 1. The van der Waals surface area contributed by atoms with Crippen molar-refractivity contribution in [2.45, 2.75) is 34.6 Å². The van der Waals surface area contributed by atoms with Gasteiger partial charge in [0, 0.05) is 11.6 Å². The molecule has 0 saturated carbocycles. The van der Waals surface area contributed by atoms with Gasteiger partial charge in [-0.1, -0.05) is 89.2 Å². The van der Waals surface area contributed by atoms with Gasteiger partial charge in [-0.05, 0) is 36.4 Å². The Morgan fingerprint density at radius 2 is 1.24 bits per heavy atom. The molecular formula is C32H35Cl2N2PRh. The first kappa shape index (κ1) is 30.4. The van der Waals surface area contributed by atoms with E-state index < -0.39 is 7.92 Å². The van der Waals surface area contributed by atoms with Crippen LogP contribution in [0.1, 0.15) is 27.8 Å². The van der Waals surface area contributed by atoms with Crippen molar-refractivity contribution < 1.29 is 15.1 Å². The number of halogens is 2. The van der Waals surface area contributed by atoms with Gasteiger partial charge < -0.3 is 5.32 Å². The summed E-state index contributed by atoms with van der Waals surface area (Å²) in [5.41, 5.74) is 9.48. The van der Waals surface area contributed by atoms with Crippen molar-refractivity contribution in [3.63, 3.8) is 0 Å². The smallest absolute Gasteiger partial charge is 0.135 e. The van der Waals surface area contributed by atoms with Crippen LogP contribution in [0.4, 0.5) is 5.69 Å². The van der Waals surface area contributed by atoms with Gasteiger partial charge in [0.05, 0.1) is 29.7 Å². The number of nitrogens with one attached hydrogen (secondary N) is 1. The van der Waals surface area contributed by atoms with Crippen LogP contribution in [0.25, 0.3) is 10.9 Å². The Labute approximate surface area is 244 Å². The van der Waals surface area contributed by atoms with E-state index in [1.807, 2.05) is 12.3 Å². The second-order valence-corrected chi connectivity index (χ2v) is 14.1. The predicted molar refractivity (Wildman–Crippen MR) is 168 cm³/mol. The van der Waals surface area contributed by atoms with E-state index in [4.69, 9.17) is 19.4 Å². The third-order valence-corrected chi connectivity index (χ3v) is 9.74. The van der Waals surface area contributed by atoms with Crippen molar-refractivity contribution in [3.8, 4) is 0 Å². The monoisotopic (exact) mass is 651 g/mol. The number of para-hydroxylation sites is 1. The van der Waals surface area contributed by atoms with Crippen LogP contribution in [0, 0.1) is 34.6 Å². The minimum Gasteiger partial charge on any atom is -0.351 e. The van der Waals surface area contributed by atoms with Gasteiger partial charge in [-0.15, -0.1) is 0 Å². The molecule has 1 N–H and O–H groups in total. The van der Waals surface area contributed by atoms with E-state index >= 15 is 0 Å². The molecule has 0 radical (unpaired) electrons. The van der Waals surface area contributed by atoms with E-state index in [1.54, 1.807) is 0 Å². The quantitative estimate of drug-likeness (QED) is 0.117. The number of benzene rings is 3. The van der Waals surface area contributed by atoms with Crippen molar-refractivity contribution in [3.05, 3.63) is 125 Å². The van der Waals surface area contributed by atoms with Crippen LogP contribution in [0.5, 0.6) is 0 Å². The fraction of sp³-hybridized carbons (Fsp3) is 0.188. The second-order valence-electron chi connectivity index (χ2n) is 9.12. The molecule has 0 aliphatic rings. The van der Waals surface area contributed by atoms with Crippen molar-refractivity contribution >= 4 is 54.5 Å². The van der Waals surface area contributed by atoms with Gasteiger partial charge in [0.25, 0.3) is 0 Å². The van der Waals surface area contributed by atoms with Crippen LogP contribution in [-0.4, -0.2) is 11.3 Å². The van der Waals surface area contributed by atoms with Crippen LogP contribution < -0.4 is 15.9 Å². The summed E-state index contributed by atoms with van der Waals surface area (Å²) in [5, 5.41) is 7.67. The number of nitrogens with zero attached hydrogens (tertiary/aromatic N) is 1. The van der Waals surface area contributed by atoms with Crippen LogP contribution in [0.3, 0.4) is 0 Å². The topological polar surface area (TPSA) is 24.9 Å². The van der Waals surface area contributed by atoms with Gasteiger partial charge in [0.15, 0.2) is 0 Å². The predicted octanol–water partition coefficient (Wildman–Crippen LogP) is 8.79. The Kier molecular flexibility index (Phi) is 12.4. The average molecular weight is 652 g/mol. The largest absolute Gasteiger partial charge is 0.351 e. The number of anilines is 1. The van der Waals surface area contributed by atoms with E-state index in [2.05, 4.69) is 130 Å². The van der Waals surface area contributed by atoms with Gasteiger partial charge in [-0.2, -0.15) is 27.8 Å². The summed E-state index contributed by atoms with van der Waals surface area (Å²) in [6, 6.07) is 32.0. The molecule has 38 heavy (non-hydrogen) atoms. The molecule has 0 amide bonds. The molecular weight excluding hydrogens is 617 g/mol. The molecule has 6 heteroatoms. The third kappa shape index (κ3) is 7.94. The SMILES string of the molecule is Cc1c(C)c(C)[c-](C)c1C.[Cl][Rh][Cl].c1ccc([PH+](CNc2cccc3cccnc23)c2ccccc2)cc1. The molecule has 0 aliphatic heterocycles. The summed E-state index contributed by atoms with van der Waals surface area (Å²) < 4.78 is 0. The standard InChI is InChI=1S/C22H19N2P.C10H15.2ClH.Rh/c1-3-11-19(12-4-1)25(20-13-5-2-6-14-20)17-24-21-15-7-9-18-10-8-16-23-22(18)21;1-6-7(2)9(4)10(5)8(6)3;;;/h1-16,24H,17H2;1-5H3;2*1H;/q;-1;;;+2/p-1. The zero-order valence-corrected chi connectivity index (χ0v) is 26.6. The Morgan fingerprint density at radius 3 is 1.71 bits per heavy atom. The minimum absolute atomic E-state index is 0.226. The molecule has 2 nitrogen and oxygen atoms in total. The van der Waals surface area contributed by atoms with E-state index in [0.717, 1.165) is 17.5 Å². The summed E-state index contributed by atoms with van der Waals surface area (Å²) in [6.45, 7) is 11.0. The first-order chi connectivity index (χ1) is 18.4. The zero-order chi connectivity index (χ0) is 27.5. The van der Waals surface area contributed by atoms with Gasteiger partial charge in [-0.3, -0.25) is 4.98 Å². The molecule has 0 aliphatic carbocycles. The molecule has 0 fully saturated rings. The number of hydrogen-bond acceptors (Lipinski definition) is 2. The number of rotatable bonds is 5. The average Bonchev–Trinajstić information content (AvgIpc) is 3.12. The van der Waals surface area contributed by atoms with Crippen molar-refractivity contribution in [1.82, 2.24) is 4.98 Å². The molecule has 5 rings (SSSR count). The molecule has 0 saturated heterocycles. The third-order valence-electron chi connectivity index (χ3n) is 7.15. The van der Waals surface area contributed by atoms with Gasteiger partial charge >= 0.3 is 34.5 Å². The molecule has 4 aromatic carbocycles. The molecule has 0 bridgehead atoms. The summed E-state index contributed by atoms with van der Waals surface area (Å²) in [5.74, 6) is 0. The number of aromatic nitrogens is 1. The number of hydrogen-bond donors (Lipinski definition) is 1. The Morgan fingerprint density at radius 1 is 0.737 bits per heavy atom. The van der Waals surface area contributed by atoms with E-state index in [-0.39, 0.29) is 15.1 Å². The first-order valence-corrected chi connectivity index (χ1v) is 18.4. The molecule has 0 spiro atoms. The fourth-order valence-corrected chi connectivity index (χ4v) is 6.78. The molecule has 5 aromatic rings. The van der Waals surface area contributed by atoms with Crippen molar-refractivity contribution in [1.29, 1.82) is 0 Å². The van der Waals surface area contributed by atoms with Gasteiger partial charge in [0.2, 0.25) is 0 Å². The van der Waals surface area contributed by atoms with Gasteiger partial charge in [-0.25, -0.2) is 0 Å². The Balaban J connectivity index is 0.000000257. The first-order valence-electron chi connectivity index (χ1n) is 12.5. The van der Waals surface area contributed by atoms with E-state index in [1.165, 1.54) is 43.8 Å². The molecule has 0 atom stereocenters. The van der Waals surface area contributed by atoms with E-state index in [0.29, 0.717) is 0 Å².